The molecule has 0 radical (unpaired) electrons. The summed E-state index contributed by atoms with van der Waals surface area (Å²) in [6.45, 7) is 0. The van der Waals surface area contributed by atoms with Gasteiger partial charge >= 0.3 is 0 Å². The number of fused-ring (bicyclic) bond motifs is 1. The van der Waals surface area contributed by atoms with E-state index < -0.39 is 0 Å². The maximum Gasteiger partial charge on any atom is 0.265 e. The van der Waals surface area contributed by atoms with Gasteiger partial charge in [0.25, 0.3) is 5.52 Å². The average Bonchev–Trinajstić information content (AvgIpc) is 2.40. The van der Waals surface area contributed by atoms with Crippen LogP contribution in [-0.2, 0) is 0 Å². The van der Waals surface area contributed by atoms with E-state index in [0.717, 1.165) is 16.7 Å². The van der Waals surface area contributed by atoms with Gasteiger partial charge in [-0.15, -0.1) is 0 Å². The molecule has 1 aromatic heterocycles. The zero-order valence-electron chi connectivity index (χ0n) is 9.28. The van der Waals surface area contributed by atoms with Crippen molar-refractivity contribution in [1.29, 1.82) is 0 Å². The van der Waals surface area contributed by atoms with Gasteiger partial charge < -0.3 is 0 Å². The number of pyridine rings is 1. The number of rotatable bonds is 2. The second-order valence-electron chi connectivity index (χ2n) is 3.80. The van der Waals surface area contributed by atoms with Crippen molar-refractivity contribution in [3.8, 4) is 5.75 Å². The molecule has 0 amide bonds. The molecule has 3 rings (SSSR count). The van der Waals surface area contributed by atoms with Gasteiger partial charge in [0, 0.05) is 16.9 Å². The van der Waals surface area contributed by atoms with Crippen LogP contribution < -0.4 is 9.57 Å². The first kappa shape index (κ1) is 9.85. The van der Waals surface area contributed by atoms with Crippen molar-refractivity contribution in [2.75, 3.05) is 0 Å². The molecule has 0 bridgehead atoms. The third-order valence-electron chi connectivity index (χ3n) is 2.62. The normalized spacial score (nSPS) is 10.4. The van der Waals surface area contributed by atoms with Crippen molar-refractivity contribution in [3.05, 3.63) is 72.9 Å². The van der Waals surface area contributed by atoms with Gasteiger partial charge in [-0.2, -0.15) is 0 Å². The molecule has 1 heterocycles. The summed E-state index contributed by atoms with van der Waals surface area (Å²) in [4.78, 5) is 5.81. The standard InChI is InChI=1S/C15H12NO/c1-2-9-14(10-3-1)17-16-12-6-8-13-7-4-5-11-15(13)16/h1-12H/q+1. The molecule has 0 unspecified atom stereocenters. The summed E-state index contributed by atoms with van der Waals surface area (Å²) in [5.74, 6) is 0.828. The Labute approximate surface area is 99.7 Å². The van der Waals surface area contributed by atoms with Crippen LogP contribution in [0.3, 0.4) is 0 Å². The van der Waals surface area contributed by atoms with Gasteiger partial charge in [-0.25, -0.2) is 4.84 Å². The van der Waals surface area contributed by atoms with Crippen molar-refractivity contribution in [3.63, 3.8) is 0 Å². The molecule has 17 heavy (non-hydrogen) atoms. The van der Waals surface area contributed by atoms with E-state index in [9.17, 15) is 0 Å². The molecule has 0 aliphatic carbocycles. The van der Waals surface area contributed by atoms with Gasteiger partial charge in [0.2, 0.25) is 11.9 Å². The monoisotopic (exact) mass is 222 g/mol. The van der Waals surface area contributed by atoms with E-state index in [2.05, 4.69) is 12.1 Å². The van der Waals surface area contributed by atoms with Crippen molar-refractivity contribution >= 4 is 10.9 Å². The maximum absolute atomic E-state index is 5.81. The van der Waals surface area contributed by atoms with E-state index in [4.69, 9.17) is 4.84 Å². The number of aromatic nitrogens is 1. The zero-order chi connectivity index (χ0) is 11.5. The Morgan fingerprint density at radius 2 is 1.41 bits per heavy atom. The minimum atomic E-state index is 0.828. The Morgan fingerprint density at radius 3 is 2.29 bits per heavy atom. The molecule has 2 nitrogen and oxygen atoms in total. The highest BCUT2D eigenvalue weighted by Crippen LogP contribution is 2.10. The minimum absolute atomic E-state index is 0.828. The molecule has 0 aliphatic heterocycles. The summed E-state index contributed by atoms with van der Waals surface area (Å²) in [5.41, 5.74) is 1.05. The maximum atomic E-state index is 5.81. The van der Waals surface area contributed by atoms with Crippen LogP contribution in [0.4, 0.5) is 0 Å². The van der Waals surface area contributed by atoms with Crippen molar-refractivity contribution in [2.24, 2.45) is 0 Å². The molecule has 0 N–H and O–H groups in total. The smallest absolute Gasteiger partial charge is 0.231 e. The SMILES string of the molecule is c1ccc(O[n+]2cccc3ccccc32)cc1. The second-order valence-corrected chi connectivity index (χ2v) is 3.80. The van der Waals surface area contributed by atoms with Crippen LogP contribution in [-0.4, -0.2) is 0 Å². The highest BCUT2D eigenvalue weighted by atomic mass is 16.7. The van der Waals surface area contributed by atoms with E-state index in [-0.39, 0.29) is 0 Å². The summed E-state index contributed by atoms with van der Waals surface area (Å²) in [5, 5.41) is 1.16. The Balaban J connectivity index is 2.06. The molecule has 0 saturated heterocycles. The third-order valence-corrected chi connectivity index (χ3v) is 2.62. The lowest BCUT2D eigenvalue weighted by Crippen LogP contribution is -2.39. The van der Waals surface area contributed by atoms with Crippen LogP contribution in [0.25, 0.3) is 10.9 Å². The molecule has 3 aromatic rings. The molecule has 0 saturated carbocycles. The van der Waals surface area contributed by atoms with Crippen LogP contribution in [0.2, 0.25) is 0 Å². The number of benzene rings is 2. The van der Waals surface area contributed by atoms with E-state index >= 15 is 0 Å². The van der Waals surface area contributed by atoms with Crippen LogP contribution >= 0.6 is 0 Å². The molecule has 2 heteroatoms. The van der Waals surface area contributed by atoms with Crippen molar-refractivity contribution in [2.45, 2.75) is 0 Å². The summed E-state index contributed by atoms with van der Waals surface area (Å²) in [6.07, 6.45) is 1.91. The van der Waals surface area contributed by atoms with E-state index in [0.29, 0.717) is 0 Å². The fourth-order valence-electron chi connectivity index (χ4n) is 1.81. The highest BCUT2D eigenvalue weighted by Gasteiger charge is 2.09. The lowest BCUT2D eigenvalue weighted by atomic mass is 10.2. The molecule has 0 spiro atoms. The van der Waals surface area contributed by atoms with Crippen LogP contribution in [0.5, 0.6) is 5.75 Å². The summed E-state index contributed by atoms with van der Waals surface area (Å²) >= 11 is 0. The van der Waals surface area contributed by atoms with E-state index in [1.807, 2.05) is 60.8 Å². The van der Waals surface area contributed by atoms with Crippen LogP contribution in [0.15, 0.2) is 72.9 Å². The quantitative estimate of drug-likeness (QED) is 0.607. The van der Waals surface area contributed by atoms with Crippen LogP contribution in [0, 0.1) is 0 Å². The van der Waals surface area contributed by atoms with Gasteiger partial charge in [0.15, 0.2) is 0 Å². The predicted octanol–water partition coefficient (Wildman–Crippen LogP) is 2.97. The Kier molecular flexibility index (Phi) is 2.47. The highest BCUT2D eigenvalue weighted by molar-refractivity contribution is 5.74. The third kappa shape index (κ3) is 1.97. The second kappa shape index (κ2) is 4.26. The van der Waals surface area contributed by atoms with Gasteiger partial charge in [-0.1, -0.05) is 30.3 Å². The molecule has 82 valence electrons. The molecular weight excluding hydrogens is 210 g/mol. The van der Waals surface area contributed by atoms with Crippen molar-refractivity contribution in [1.82, 2.24) is 0 Å². The van der Waals surface area contributed by atoms with E-state index in [1.165, 1.54) is 0 Å². The summed E-state index contributed by atoms with van der Waals surface area (Å²) in [6, 6.07) is 22.0. The van der Waals surface area contributed by atoms with Gasteiger partial charge in [0.1, 0.15) is 0 Å². The largest absolute Gasteiger partial charge is 0.265 e. The topological polar surface area (TPSA) is 13.1 Å². The molecule has 0 atom stereocenters. The number of para-hydroxylation sites is 2. The number of hydrogen-bond acceptors (Lipinski definition) is 1. The van der Waals surface area contributed by atoms with Crippen molar-refractivity contribution < 1.29 is 9.57 Å². The van der Waals surface area contributed by atoms with E-state index in [1.54, 1.807) is 4.73 Å². The lowest BCUT2D eigenvalue weighted by molar-refractivity contribution is -0.854. The van der Waals surface area contributed by atoms with Gasteiger partial charge in [-0.05, 0) is 24.3 Å². The number of hydrogen-bond donors (Lipinski definition) is 0. The predicted molar refractivity (Wildman–Crippen MR) is 66.6 cm³/mol. The molecular formula is C15H12NO+. The lowest BCUT2D eigenvalue weighted by Gasteiger charge is -2.00. The Bertz CT molecular complexity index is 629. The number of nitrogens with zero attached hydrogens (tertiary/aromatic N) is 1. The zero-order valence-corrected chi connectivity index (χ0v) is 9.28. The fraction of sp³-hybridized carbons (Fsp3) is 0. The van der Waals surface area contributed by atoms with Crippen LogP contribution in [0.1, 0.15) is 0 Å². The first-order valence-corrected chi connectivity index (χ1v) is 5.56. The molecule has 0 fully saturated rings. The fourth-order valence-corrected chi connectivity index (χ4v) is 1.81. The minimum Gasteiger partial charge on any atom is -0.231 e. The Hall–Kier alpha value is -2.35. The first-order valence-electron chi connectivity index (χ1n) is 5.56. The summed E-state index contributed by atoms with van der Waals surface area (Å²) < 4.78 is 1.78. The average molecular weight is 222 g/mol. The van der Waals surface area contributed by atoms with Gasteiger partial charge in [0.05, 0.1) is 5.39 Å². The molecule has 0 aliphatic rings. The Morgan fingerprint density at radius 1 is 0.706 bits per heavy atom. The van der Waals surface area contributed by atoms with Gasteiger partial charge in [-0.3, -0.25) is 0 Å². The first-order chi connectivity index (χ1) is 8.43. The summed E-state index contributed by atoms with van der Waals surface area (Å²) in [7, 11) is 0. The molecule has 2 aromatic carbocycles.